The van der Waals surface area contributed by atoms with E-state index in [1.807, 2.05) is 6.07 Å². The monoisotopic (exact) mass is 232 g/mol. The van der Waals surface area contributed by atoms with Crippen molar-refractivity contribution in [1.29, 1.82) is 0 Å². The van der Waals surface area contributed by atoms with Crippen LogP contribution in [-0.4, -0.2) is 26.0 Å². The highest BCUT2D eigenvalue weighted by atomic mass is 16.3. The first-order valence-corrected chi connectivity index (χ1v) is 5.07. The van der Waals surface area contributed by atoms with Crippen LogP contribution >= 0.6 is 0 Å². The largest absolute Gasteiger partial charge is 0.508 e. The van der Waals surface area contributed by atoms with Crippen molar-refractivity contribution in [2.45, 2.75) is 6.54 Å². The van der Waals surface area contributed by atoms with Crippen molar-refractivity contribution in [3.63, 3.8) is 0 Å². The minimum atomic E-state index is -0.290. The highest BCUT2D eigenvalue weighted by Gasteiger charge is 2.08. The number of phenols is 1. The summed E-state index contributed by atoms with van der Waals surface area (Å²) < 4.78 is 1.46. The maximum absolute atomic E-state index is 11.6. The lowest BCUT2D eigenvalue weighted by Gasteiger charge is -2.03. The zero-order chi connectivity index (χ0) is 12.3. The third-order valence-electron chi connectivity index (χ3n) is 2.20. The van der Waals surface area contributed by atoms with E-state index < -0.39 is 0 Å². The molecule has 0 aliphatic carbocycles. The summed E-state index contributed by atoms with van der Waals surface area (Å²) in [5, 5.41) is 19.3. The lowest BCUT2D eigenvalue weighted by Crippen LogP contribution is -2.23. The molecule has 2 rings (SSSR count). The van der Waals surface area contributed by atoms with E-state index in [4.69, 9.17) is 0 Å². The van der Waals surface area contributed by atoms with Gasteiger partial charge in [-0.15, -0.1) is 5.10 Å². The molecular weight excluding hydrogens is 220 g/mol. The van der Waals surface area contributed by atoms with Gasteiger partial charge in [-0.05, 0) is 17.7 Å². The van der Waals surface area contributed by atoms with E-state index in [-0.39, 0.29) is 17.4 Å². The molecule has 6 heteroatoms. The first-order chi connectivity index (χ1) is 8.15. The van der Waals surface area contributed by atoms with E-state index in [1.165, 1.54) is 10.9 Å². The summed E-state index contributed by atoms with van der Waals surface area (Å²) >= 11 is 0. The van der Waals surface area contributed by atoms with Gasteiger partial charge in [-0.2, -0.15) is 0 Å². The first kappa shape index (κ1) is 11.1. The SMILES string of the molecule is Cn1cc(C(=O)NCc2cccc(O)c2)nn1. The highest BCUT2D eigenvalue weighted by molar-refractivity contribution is 5.91. The summed E-state index contributed by atoms with van der Waals surface area (Å²) in [7, 11) is 1.69. The van der Waals surface area contributed by atoms with Gasteiger partial charge in [-0.3, -0.25) is 9.48 Å². The molecule has 1 heterocycles. The molecule has 1 aromatic heterocycles. The molecule has 0 aliphatic rings. The van der Waals surface area contributed by atoms with Gasteiger partial charge >= 0.3 is 0 Å². The van der Waals surface area contributed by atoms with Crippen LogP contribution in [0.1, 0.15) is 16.1 Å². The Morgan fingerprint density at radius 3 is 3.00 bits per heavy atom. The minimum absolute atomic E-state index is 0.177. The summed E-state index contributed by atoms with van der Waals surface area (Å²) in [5.74, 6) is -0.113. The van der Waals surface area contributed by atoms with Crippen molar-refractivity contribution in [2.75, 3.05) is 0 Å². The number of aryl methyl sites for hydroxylation is 1. The van der Waals surface area contributed by atoms with Gasteiger partial charge in [-0.1, -0.05) is 17.3 Å². The van der Waals surface area contributed by atoms with E-state index in [0.717, 1.165) is 5.56 Å². The van der Waals surface area contributed by atoms with Crippen LogP contribution in [0, 0.1) is 0 Å². The fourth-order valence-corrected chi connectivity index (χ4v) is 1.39. The number of benzene rings is 1. The number of phenolic OH excluding ortho intramolecular Hbond substituents is 1. The molecule has 2 N–H and O–H groups in total. The number of nitrogens with zero attached hydrogens (tertiary/aromatic N) is 3. The number of rotatable bonds is 3. The smallest absolute Gasteiger partial charge is 0.273 e. The fraction of sp³-hybridized carbons (Fsp3) is 0.182. The van der Waals surface area contributed by atoms with Crippen molar-refractivity contribution in [1.82, 2.24) is 20.3 Å². The molecule has 1 amide bonds. The Morgan fingerprint density at radius 1 is 1.53 bits per heavy atom. The second-order valence-electron chi connectivity index (χ2n) is 3.63. The predicted octanol–water partition coefficient (Wildman–Crippen LogP) is 0.451. The van der Waals surface area contributed by atoms with Gasteiger partial charge < -0.3 is 10.4 Å². The van der Waals surface area contributed by atoms with Crippen molar-refractivity contribution >= 4 is 5.91 Å². The van der Waals surface area contributed by atoms with Crippen molar-refractivity contribution in [3.05, 3.63) is 41.7 Å². The number of nitrogens with one attached hydrogen (secondary N) is 1. The van der Waals surface area contributed by atoms with Crippen molar-refractivity contribution in [2.24, 2.45) is 7.05 Å². The zero-order valence-electron chi connectivity index (χ0n) is 9.29. The minimum Gasteiger partial charge on any atom is -0.508 e. The normalized spacial score (nSPS) is 10.2. The third kappa shape index (κ3) is 2.81. The third-order valence-corrected chi connectivity index (χ3v) is 2.20. The molecule has 6 nitrogen and oxygen atoms in total. The molecule has 17 heavy (non-hydrogen) atoms. The molecule has 0 saturated heterocycles. The number of hydrogen-bond donors (Lipinski definition) is 2. The lowest BCUT2D eigenvalue weighted by molar-refractivity contribution is 0.0945. The number of aromatic nitrogens is 3. The summed E-state index contributed by atoms with van der Waals surface area (Å²) in [6, 6.07) is 6.71. The Balaban J connectivity index is 1.97. The molecule has 88 valence electrons. The van der Waals surface area contributed by atoms with Gasteiger partial charge in [0.05, 0.1) is 6.20 Å². The molecule has 0 aliphatic heterocycles. The Labute approximate surface area is 97.9 Å². The van der Waals surface area contributed by atoms with Crippen molar-refractivity contribution < 1.29 is 9.90 Å². The average molecular weight is 232 g/mol. The van der Waals surface area contributed by atoms with E-state index in [0.29, 0.717) is 6.54 Å². The number of carbonyl (C=O) groups is 1. The number of carbonyl (C=O) groups excluding carboxylic acids is 1. The van der Waals surface area contributed by atoms with Crippen LogP contribution in [0.2, 0.25) is 0 Å². The van der Waals surface area contributed by atoms with Crippen LogP contribution in [0.4, 0.5) is 0 Å². The number of aromatic hydroxyl groups is 1. The lowest BCUT2D eigenvalue weighted by atomic mass is 10.2. The first-order valence-electron chi connectivity index (χ1n) is 5.07. The molecule has 2 aromatic rings. The van der Waals surface area contributed by atoms with E-state index in [9.17, 15) is 9.90 Å². The molecule has 0 saturated carbocycles. The van der Waals surface area contributed by atoms with Crippen LogP contribution in [0.15, 0.2) is 30.5 Å². The van der Waals surface area contributed by atoms with Gasteiger partial charge in [0.2, 0.25) is 0 Å². The molecule has 0 unspecified atom stereocenters. The van der Waals surface area contributed by atoms with E-state index in [1.54, 1.807) is 25.2 Å². The summed E-state index contributed by atoms with van der Waals surface area (Å²) in [4.78, 5) is 11.6. The second-order valence-corrected chi connectivity index (χ2v) is 3.63. The van der Waals surface area contributed by atoms with Crippen LogP contribution < -0.4 is 5.32 Å². The van der Waals surface area contributed by atoms with Gasteiger partial charge in [0.15, 0.2) is 5.69 Å². The molecule has 0 spiro atoms. The molecule has 0 fully saturated rings. The second kappa shape index (κ2) is 4.65. The topological polar surface area (TPSA) is 80.0 Å². The number of hydrogen-bond acceptors (Lipinski definition) is 4. The van der Waals surface area contributed by atoms with Gasteiger partial charge in [0.25, 0.3) is 5.91 Å². The fourth-order valence-electron chi connectivity index (χ4n) is 1.39. The van der Waals surface area contributed by atoms with Crippen LogP contribution in [-0.2, 0) is 13.6 Å². The molecule has 1 aromatic carbocycles. The summed E-state index contributed by atoms with van der Waals surface area (Å²) in [6.07, 6.45) is 1.54. The molecule has 0 bridgehead atoms. The van der Waals surface area contributed by atoms with Crippen molar-refractivity contribution in [3.8, 4) is 5.75 Å². The number of amides is 1. The highest BCUT2D eigenvalue weighted by Crippen LogP contribution is 2.10. The quantitative estimate of drug-likeness (QED) is 0.805. The van der Waals surface area contributed by atoms with Gasteiger partial charge in [-0.25, -0.2) is 0 Å². The molecule has 0 radical (unpaired) electrons. The molecular formula is C11H12N4O2. The standard InChI is InChI=1S/C11H12N4O2/c1-15-7-10(13-14-15)11(17)12-6-8-3-2-4-9(16)5-8/h2-5,7,16H,6H2,1H3,(H,12,17). The van der Waals surface area contributed by atoms with E-state index in [2.05, 4.69) is 15.6 Å². The Morgan fingerprint density at radius 2 is 2.35 bits per heavy atom. The molecule has 0 atom stereocenters. The van der Waals surface area contributed by atoms with Crippen LogP contribution in [0.25, 0.3) is 0 Å². The van der Waals surface area contributed by atoms with Crippen LogP contribution in [0.5, 0.6) is 5.75 Å². The maximum Gasteiger partial charge on any atom is 0.273 e. The van der Waals surface area contributed by atoms with Crippen LogP contribution in [0.3, 0.4) is 0 Å². The Kier molecular flexibility index (Phi) is 3.04. The zero-order valence-corrected chi connectivity index (χ0v) is 9.29. The average Bonchev–Trinajstić information content (AvgIpc) is 2.73. The van der Waals surface area contributed by atoms with Gasteiger partial charge in [0.1, 0.15) is 5.75 Å². The maximum atomic E-state index is 11.6. The summed E-state index contributed by atoms with van der Waals surface area (Å²) in [5.41, 5.74) is 1.09. The Bertz CT molecular complexity index is 536. The predicted molar refractivity (Wildman–Crippen MR) is 60.3 cm³/mol. The van der Waals surface area contributed by atoms with E-state index >= 15 is 0 Å². The summed E-state index contributed by atoms with van der Waals surface area (Å²) in [6.45, 7) is 0.337. The van der Waals surface area contributed by atoms with Gasteiger partial charge in [0, 0.05) is 13.6 Å². The Hall–Kier alpha value is -2.37.